The lowest BCUT2D eigenvalue weighted by molar-refractivity contribution is -0.137. The molecular formula is C20H26F3N3O4. The number of amides is 1. The molecule has 1 fully saturated rings. The van der Waals surface area contributed by atoms with Gasteiger partial charge in [-0.1, -0.05) is 0 Å². The molecule has 0 aromatic carbocycles. The quantitative estimate of drug-likeness (QED) is 0.539. The van der Waals surface area contributed by atoms with Gasteiger partial charge in [-0.15, -0.1) is 0 Å². The van der Waals surface area contributed by atoms with Crippen LogP contribution in [0.5, 0.6) is 0 Å². The first kappa shape index (κ1) is 23.5. The third-order valence-electron chi connectivity index (χ3n) is 4.36. The van der Waals surface area contributed by atoms with E-state index in [-0.39, 0.29) is 37.1 Å². The first-order valence-corrected chi connectivity index (χ1v) is 9.39. The van der Waals surface area contributed by atoms with Crippen molar-refractivity contribution in [3.8, 4) is 0 Å². The fraction of sp³-hybridized carbons (Fsp3) is 0.550. The Morgan fingerprint density at radius 1 is 1.23 bits per heavy atom. The Balaban J connectivity index is 2.24. The maximum Gasteiger partial charge on any atom is 0.419 e. The van der Waals surface area contributed by atoms with E-state index in [0.29, 0.717) is 0 Å². The van der Waals surface area contributed by atoms with Gasteiger partial charge in [-0.05, 0) is 45.4 Å². The molecule has 7 nitrogen and oxygen atoms in total. The molecule has 0 saturated carbocycles. The molecule has 1 aliphatic rings. The minimum atomic E-state index is -4.64. The number of esters is 1. The molecule has 1 atom stereocenters. The maximum absolute atomic E-state index is 13.7. The van der Waals surface area contributed by atoms with Gasteiger partial charge in [0.2, 0.25) is 0 Å². The summed E-state index contributed by atoms with van der Waals surface area (Å²) in [6, 6.07) is 0.572. The molecule has 0 aliphatic carbocycles. The van der Waals surface area contributed by atoms with Crippen LogP contribution in [0.15, 0.2) is 18.3 Å². The molecule has 166 valence electrons. The van der Waals surface area contributed by atoms with Crippen molar-refractivity contribution in [3.63, 3.8) is 0 Å². The summed E-state index contributed by atoms with van der Waals surface area (Å²) in [6.45, 7) is 7.56. The first-order chi connectivity index (χ1) is 13.8. The van der Waals surface area contributed by atoms with Crippen LogP contribution < -0.4 is 4.90 Å². The van der Waals surface area contributed by atoms with Gasteiger partial charge in [-0.25, -0.2) is 14.6 Å². The molecule has 2 rings (SSSR count). The number of ether oxygens (including phenoxy) is 2. The van der Waals surface area contributed by atoms with Crippen molar-refractivity contribution < 1.29 is 32.2 Å². The van der Waals surface area contributed by atoms with E-state index in [1.54, 1.807) is 27.7 Å². The molecule has 0 spiro atoms. The molecule has 1 aliphatic heterocycles. The van der Waals surface area contributed by atoms with Gasteiger partial charge in [-0.2, -0.15) is 13.2 Å². The molecule has 0 radical (unpaired) electrons. The average molecular weight is 429 g/mol. The Bertz CT molecular complexity index is 818. The number of carbonyl (C=O) groups is 2. The van der Waals surface area contributed by atoms with Crippen LogP contribution in [0.3, 0.4) is 0 Å². The first-order valence-electron chi connectivity index (χ1n) is 9.39. The molecule has 1 amide bonds. The summed E-state index contributed by atoms with van der Waals surface area (Å²) in [5, 5.41) is 0. The number of nitrogens with zero attached hydrogens (tertiary/aromatic N) is 3. The summed E-state index contributed by atoms with van der Waals surface area (Å²) >= 11 is 0. The van der Waals surface area contributed by atoms with Gasteiger partial charge in [0.25, 0.3) is 0 Å². The van der Waals surface area contributed by atoms with Gasteiger partial charge in [-0.3, -0.25) is 0 Å². The van der Waals surface area contributed by atoms with Crippen LogP contribution in [0.25, 0.3) is 6.08 Å². The Labute approximate surface area is 173 Å². The summed E-state index contributed by atoms with van der Waals surface area (Å²) in [5.74, 6) is -0.895. The van der Waals surface area contributed by atoms with Gasteiger partial charge in [0.15, 0.2) is 0 Å². The van der Waals surface area contributed by atoms with Crippen LogP contribution in [-0.4, -0.2) is 60.3 Å². The number of rotatable bonds is 3. The molecular weight excluding hydrogens is 403 g/mol. The van der Waals surface area contributed by atoms with Crippen molar-refractivity contribution >= 4 is 24.0 Å². The fourth-order valence-electron chi connectivity index (χ4n) is 3.00. The van der Waals surface area contributed by atoms with Crippen molar-refractivity contribution in [1.82, 2.24) is 9.88 Å². The number of anilines is 1. The Morgan fingerprint density at radius 2 is 1.90 bits per heavy atom. The third-order valence-corrected chi connectivity index (χ3v) is 4.36. The van der Waals surface area contributed by atoms with Crippen LogP contribution >= 0.6 is 0 Å². The second-order valence-corrected chi connectivity index (χ2v) is 7.96. The average Bonchev–Trinajstić information content (AvgIpc) is 2.63. The Hall–Kier alpha value is -2.78. The zero-order valence-electron chi connectivity index (χ0n) is 17.6. The topological polar surface area (TPSA) is 72.0 Å². The lowest BCUT2D eigenvalue weighted by atomic mass is 10.1. The van der Waals surface area contributed by atoms with E-state index < -0.39 is 29.4 Å². The number of carbonyl (C=O) groups excluding carboxylic acids is 2. The smallest absolute Gasteiger partial charge is 0.419 e. The molecule has 0 bridgehead atoms. The number of halogens is 3. The van der Waals surface area contributed by atoms with Crippen LogP contribution in [0.1, 0.15) is 38.8 Å². The Morgan fingerprint density at radius 3 is 2.43 bits per heavy atom. The van der Waals surface area contributed by atoms with Gasteiger partial charge in [0.1, 0.15) is 11.4 Å². The monoisotopic (exact) mass is 429 g/mol. The normalized spacial score (nSPS) is 17.9. The largest absolute Gasteiger partial charge is 0.466 e. The molecule has 1 aromatic heterocycles. The summed E-state index contributed by atoms with van der Waals surface area (Å²) in [6.07, 6.45) is -1.64. The van der Waals surface area contributed by atoms with E-state index in [2.05, 4.69) is 9.72 Å². The summed E-state index contributed by atoms with van der Waals surface area (Å²) in [7, 11) is 1.17. The molecule has 0 N–H and O–H groups in total. The number of methoxy groups -OCH3 is 1. The fourth-order valence-corrected chi connectivity index (χ4v) is 3.00. The predicted octanol–water partition coefficient (Wildman–Crippen LogP) is 3.73. The van der Waals surface area contributed by atoms with E-state index in [1.807, 2.05) is 0 Å². The van der Waals surface area contributed by atoms with Crippen molar-refractivity contribution in [2.24, 2.45) is 0 Å². The van der Waals surface area contributed by atoms with Gasteiger partial charge >= 0.3 is 18.2 Å². The second-order valence-electron chi connectivity index (χ2n) is 7.96. The molecule has 1 saturated heterocycles. The van der Waals surface area contributed by atoms with Crippen LogP contribution in [0, 0.1) is 0 Å². The van der Waals surface area contributed by atoms with E-state index >= 15 is 0 Å². The van der Waals surface area contributed by atoms with E-state index in [9.17, 15) is 22.8 Å². The highest BCUT2D eigenvalue weighted by Gasteiger charge is 2.38. The number of alkyl halides is 3. The van der Waals surface area contributed by atoms with Crippen molar-refractivity contribution in [3.05, 3.63) is 29.5 Å². The highest BCUT2D eigenvalue weighted by Crippen LogP contribution is 2.37. The highest BCUT2D eigenvalue weighted by molar-refractivity contribution is 5.87. The molecule has 30 heavy (non-hydrogen) atoms. The van der Waals surface area contributed by atoms with Crippen molar-refractivity contribution in [1.29, 1.82) is 0 Å². The van der Waals surface area contributed by atoms with Crippen LogP contribution in [0.2, 0.25) is 0 Å². The molecule has 1 aromatic rings. The Kier molecular flexibility index (Phi) is 6.99. The number of hydrogen-bond donors (Lipinski definition) is 0. The molecule has 10 heteroatoms. The van der Waals surface area contributed by atoms with E-state index in [0.717, 1.165) is 12.1 Å². The van der Waals surface area contributed by atoms with E-state index in [4.69, 9.17) is 4.74 Å². The second kappa shape index (κ2) is 8.93. The standard InChI is InChI=1S/C20H26F3N3O4/c1-13-12-25(8-9-26(13)18(28)30-19(2,3)4)17-15(20(21,22)23)10-14(11-24-17)6-7-16(27)29-5/h6-7,10-11,13H,8-9,12H2,1-5H3/b7-6+/t13-/m1/s1. The zero-order valence-corrected chi connectivity index (χ0v) is 17.6. The van der Waals surface area contributed by atoms with E-state index in [1.165, 1.54) is 29.2 Å². The maximum atomic E-state index is 13.7. The van der Waals surface area contributed by atoms with Gasteiger partial charge < -0.3 is 19.3 Å². The van der Waals surface area contributed by atoms with Gasteiger partial charge in [0, 0.05) is 37.9 Å². The number of pyridine rings is 1. The van der Waals surface area contributed by atoms with Gasteiger partial charge in [0.05, 0.1) is 12.7 Å². The zero-order chi connectivity index (χ0) is 22.7. The predicted molar refractivity (Wildman–Crippen MR) is 105 cm³/mol. The van der Waals surface area contributed by atoms with Crippen molar-refractivity contribution in [2.45, 2.75) is 45.5 Å². The minimum absolute atomic E-state index is 0.122. The minimum Gasteiger partial charge on any atom is -0.466 e. The number of hydrogen-bond acceptors (Lipinski definition) is 6. The summed E-state index contributed by atoms with van der Waals surface area (Å²) in [4.78, 5) is 30.5. The number of aromatic nitrogens is 1. The number of piperazine rings is 1. The lowest BCUT2D eigenvalue weighted by Gasteiger charge is -2.41. The highest BCUT2D eigenvalue weighted by atomic mass is 19.4. The SMILES string of the molecule is COC(=O)/C=C/c1cnc(N2CCN(C(=O)OC(C)(C)C)[C@H](C)C2)c(C(F)(F)F)c1. The van der Waals surface area contributed by atoms with Crippen LogP contribution in [-0.2, 0) is 20.4 Å². The lowest BCUT2D eigenvalue weighted by Crippen LogP contribution is -2.55. The van der Waals surface area contributed by atoms with Crippen molar-refractivity contribution in [2.75, 3.05) is 31.6 Å². The summed E-state index contributed by atoms with van der Waals surface area (Å²) < 4.78 is 50.8. The third kappa shape index (κ3) is 6.11. The summed E-state index contributed by atoms with van der Waals surface area (Å²) in [5.41, 5.74) is -1.45. The molecule has 2 heterocycles. The van der Waals surface area contributed by atoms with Crippen LogP contribution in [0.4, 0.5) is 23.8 Å². The molecule has 0 unspecified atom stereocenters.